The summed E-state index contributed by atoms with van der Waals surface area (Å²) in [5.41, 5.74) is 7.16. The summed E-state index contributed by atoms with van der Waals surface area (Å²) in [5.74, 6) is 0.649. The molecule has 1 aromatic carbocycles. The number of nitrogens with two attached hydrogens (primary N) is 1. The molecule has 0 spiro atoms. The van der Waals surface area contributed by atoms with Crippen LogP contribution in [0.4, 0.5) is 0 Å². The van der Waals surface area contributed by atoms with Crippen molar-refractivity contribution in [2.45, 2.75) is 19.5 Å². The van der Waals surface area contributed by atoms with Gasteiger partial charge in [-0.2, -0.15) is 0 Å². The standard InChI is InChI=1S/C15H19N3O2S/c1-10(16)14-17-12(9-21-14)15(19)18(2)8-11-6-4-5-7-13(11)20-3/h4-7,9-10H,8,16H2,1-3H3. The third kappa shape index (κ3) is 3.59. The van der Waals surface area contributed by atoms with E-state index in [0.29, 0.717) is 12.2 Å². The van der Waals surface area contributed by atoms with Crippen molar-refractivity contribution in [1.82, 2.24) is 9.88 Å². The van der Waals surface area contributed by atoms with E-state index in [0.717, 1.165) is 16.3 Å². The molecule has 0 aliphatic rings. The topological polar surface area (TPSA) is 68.5 Å². The second kappa shape index (κ2) is 6.69. The molecule has 0 fully saturated rings. The van der Waals surface area contributed by atoms with Gasteiger partial charge in [0, 0.05) is 24.5 Å². The van der Waals surface area contributed by atoms with Gasteiger partial charge < -0.3 is 15.4 Å². The normalized spacial score (nSPS) is 12.0. The van der Waals surface area contributed by atoms with Crippen LogP contribution in [0, 0.1) is 0 Å². The molecular weight excluding hydrogens is 286 g/mol. The van der Waals surface area contributed by atoms with Crippen LogP contribution in [0.2, 0.25) is 0 Å². The lowest BCUT2D eigenvalue weighted by molar-refractivity contribution is 0.0779. The number of amides is 1. The van der Waals surface area contributed by atoms with Crippen LogP contribution in [0.1, 0.15) is 34.0 Å². The number of methoxy groups -OCH3 is 1. The quantitative estimate of drug-likeness (QED) is 0.921. The molecule has 112 valence electrons. The summed E-state index contributed by atoms with van der Waals surface area (Å²) in [6.45, 7) is 2.32. The highest BCUT2D eigenvalue weighted by Crippen LogP contribution is 2.21. The number of carbonyl (C=O) groups excluding carboxylic acids is 1. The van der Waals surface area contributed by atoms with E-state index in [1.807, 2.05) is 31.2 Å². The number of thiazole rings is 1. The molecule has 0 radical (unpaired) electrons. The zero-order valence-electron chi connectivity index (χ0n) is 12.4. The third-order valence-corrected chi connectivity index (χ3v) is 4.12. The van der Waals surface area contributed by atoms with Crippen LogP contribution in [0.5, 0.6) is 5.75 Å². The summed E-state index contributed by atoms with van der Waals surface area (Å²) in [6.07, 6.45) is 0. The molecule has 1 heterocycles. The molecule has 1 aromatic heterocycles. The lowest BCUT2D eigenvalue weighted by Crippen LogP contribution is -2.26. The minimum Gasteiger partial charge on any atom is -0.496 e. The lowest BCUT2D eigenvalue weighted by Gasteiger charge is -2.17. The fourth-order valence-electron chi connectivity index (χ4n) is 1.95. The molecule has 1 amide bonds. The molecule has 0 saturated carbocycles. The molecular formula is C15H19N3O2S. The number of hydrogen-bond donors (Lipinski definition) is 1. The smallest absolute Gasteiger partial charge is 0.273 e. The van der Waals surface area contributed by atoms with Crippen molar-refractivity contribution in [2.75, 3.05) is 14.2 Å². The lowest BCUT2D eigenvalue weighted by atomic mass is 10.2. The van der Waals surface area contributed by atoms with E-state index < -0.39 is 0 Å². The Bertz CT molecular complexity index is 625. The first-order valence-corrected chi connectivity index (χ1v) is 7.49. The highest BCUT2D eigenvalue weighted by atomic mass is 32.1. The van der Waals surface area contributed by atoms with E-state index in [-0.39, 0.29) is 11.9 Å². The van der Waals surface area contributed by atoms with Crippen molar-refractivity contribution in [1.29, 1.82) is 0 Å². The second-order valence-electron chi connectivity index (χ2n) is 4.83. The van der Waals surface area contributed by atoms with Gasteiger partial charge in [0.15, 0.2) is 0 Å². The van der Waals surface area contributed by atoms with Crippen molar-refractivity contribution >= 4 is 17.2 Å². The monoisotopic (exact) mass is 305 g/mol. The van der Waals surface area contributed by atoms with Crippen molar-refractivity contribution in [3.63, 3.8) is 0 Å². The highest BCUT2D eigenvalue weighted by Gasteiger charge is 2.17. The van der Waals surface area contributed by atoms with Gasteiger partial charge in [-0.1, -0.05) is 18.2 Å². The highest BCUT2D eigenvalue weighted by molar-refractivity contribution is 7.09. The van der Waals surface area contributed by atoms with E-state index in [1.165, 1.54) is 11.3 Å². The van der Waals surface area contributed by atoms with Gasteiger partial charge in [0.25, 0.3) is 5.91 Å². The third-order valence-electron chi connectivity index (χ3n) is 3.08. The zero-order valence-corrected chi connectivity index (χ0v) is 13.2. The Morgan fingerprint density at radius 3 is 2.81 bits per heavy atom. The molecule has 0 saturated heterocycles. The largest absolute Gasteiger partial charge is 0.496 e. The Labute approximate surface area is 128 Å². The van der Waals surface area contributed by atoms with Gasteiger partial charge in [-0.25, -0.2) is 4.98 Å². The number of para-hydroxylation sites is 1. The minimum absolute atomic E-state index is 0.121. The molecule has 5 nitrogen and oxygen atoms in total. The van der Waals surface area contributed by atoms with Gasteiger partial charge in [0.2, 0.25) is 0 Å². The van der Waals surface area contributed by atoms with Gasteiger partial charge in [-0.15, -0.1) is 11.3 Å². The maximum Gasteiger partial charge on any atom is 0.273 e. The summed E-state index contributed by atoms with van der Waals surface area (Å²) in [7, 11) is 3.37. The van der Waals surface area contributed by atoms with Crippen LogP contribution in [-0.2, 0) is 6.54 Å². The maximum absolute atomic E-state index is 12.4. The maximum atomic E-state index is 12.4. The minimum atomic E-state index is -0.156. The van der Waals surface area contributed by atoms with Crippen LogP contribution in [0.15, 0.2) is 29.6 Å². The molecule has 21 heavy (non-hydrogen) atoms. The zero-order chi connectivity index (χ0) is 15.4. The van der Waals surface area contributed by atoms with Crippen molar-refractivity contribution in [2.24, 2.45) is 5.73 Å². The summed E-state index contributed by atoms with van der Waals surface area (Å²) in [5, 5.41) is 2.52. The van der Waals surface area contributed by atoms with E-state index >= 15 is 0 Å². The summed E-state index contributed by atoms with van der Waals surface area (Å²) in [4.78, 5) is 18.3. The predicted octanol–water partition coefficient (Wildman–Crippen LogP) is 2.44. The number of aromatic nitrogens is 1. The van der Waals surface area contributed by atoms with Gasteiger partial charge in [0.1, 0.15) is 16.5 Å². The number of ether oxygens (including phenoxy) is 1. The number of hydrogen-bond acceptors (Lipinski definition) is 5. The van der Waals surface area contributed by atoms with Crippen LogP contribution >= 0.6 is 11.3 Å². The molecule has 0 aliphatic carbocycles. The Hall–Kier alpha value is -1.92. The van der Waals surface area contributed by atoms with Crippen LogP contribution in [0.3, 0.4) is 0 Å². The molecule has 2 rings (SSSR count). The van der Waals surface area contributed by atoms with E-state index in [9.17, 15) is 4.79 Å². The number of carbonyl (C=O) groups is 1. The Balaban J connectivity index is 2.11. The van der Waals surface area contributed by atoms with Crippen molar-refractivity contribution < 1.29 is 9.53 Å². The van der Waals surface area contributed by atoms with E-state index in [1.54, 1.807) is 24.4 Å². The first-order chi connectivity index (χ1) is 10.0. The summed E-state index contributed by atoms with van der Waals surface area (Å²) < 4.78 is 5.30. The first-order valence-electron chi connectivity index (χ1n) is 6.61. The fourth-order valence-corrected chi connectivity index (χ4v) is 2.70. The molecule has 1 atom stereocenters. The molecule has 0 bridgehead atoms. The number of nitrogens with zero attached hydrogens (tertiary/aromatic N) is 2. The molecule has 6 heteroatoms. The summed E-state index contributed by atoms with van der Waals surface area (Å²) in [6, 6.07) is 7.49. The van der Waals surface area contributed by atoms with Gasteiger partial charge in [-0.3, -0.25) is 4.79 Å². The average Bonchev–Trinajstić information content (AvgIpc) is 2.97. The fraction of sp³-hybridized carbons (Fsp3) is 0.333. The van der Waals surface area contributed by atoms with E-state index in [4.69, 9.17) is 10.5 Å². The van der Waals surface area contributed by atoms with Crippen molar-refractivity contribution in [3.8, 4) is 5.75 Å². The molecule has 2 N–H and O–H groups in total. The molecule has 2 aromatic rings. The number of benzene rings is 1. The van der Waals surface area contributed by atoms with Gasteiger partial charge in [0.05, 0.1) is 13.2 Å². The number of rotatable bonds is 5. The Morgan fingerprint density at radius 1 is 1.48 bits per heavy atom. The molecule has 0 aliphatic heterocycles. The SMILES string of the molecule is COc1ccccc1CN(C)C(=O)c1csc(C(C)N)n1. The Kier molecular flexibility index (Phi) is 4.93. The van der Waals surface area contributed by atoms with E-state index in [2.05, 4.69) is 4.98 Å². The van der Waals surface area contributed by atoms with Crippen LogP contribution in [0.25, 0.3) is 0 Å². The van der Waals surface area contributed by atoms with Crippen LogP contribution < -0.4 is 10.5 Å². The van der Waals surface area contributed by atoms with Gasteiger partial charge >= 0.3 is 0 Å². The molecule has 1 unspecified atom stereocenters. The van der Waals surface area contributed by atoms with Crippen LogP contribution in [-0.4, -0.2) is 29.9 Å². The Morgan fingerprint density at radius 2 is 2.19 bits per heavy atom. The van der Waals surface area contributed by atoms with Gasteiger partial charge in [-0.05, 0) is 13.0 Å². The second-order valence-corrected chi connectivity index (χ2v) is 5.72. The summed E-state index contributed by atoms with van der Waals surface area (Å²) >= 11 is 1.41. The average molecular weight is 305 g/mol. The first kappa shape index (κ1) is 15.5. The predicted molar refractivity (Wildman–Crippen MR) is 83.5 cm³/mol. The van der Waals surface area contributed by atoms with Crippen molar-refractivity contribution in [3.05, 3.63) is 45.9 Å².